The summed E-state index contributed by atoms with van der Waals surface area (Å²) in [5.74, 6) is 1.63. The maximum absolute atomic E-state index is 6.15. The van der Waals surface area contributed by atoms with Gasteiger partial charge in [-0.15, -0.1) is 0 Å². The van der Waals surface area contributed by atoms with E-state index in [4.69, 9.17) is 11.6 Å². The SMILES string of the molecule is CCCCc1nc(Cl)c(CNCC(C)C(C)(C)C)[nH]1. The molecule has 1 aromatic heterocycles. The van der Waals surface area contributed by atoms with Gasteiger partial charge in [-0.2, -0.15) is 0 Å². The molecule has 1 aromatic rings. The summed E-state index contributed by atoms with van der Waals surface area (Å²) in [6.45, 7) is 13.0. The molecule has 3 nitrogen and oxygen atoms in total. The van der Waals surface area contributed by atoms with Crippen LogP contribution in [0.3, 0.4) is 0 Å². The number of H-pyrrole nitrogens is 1. The van der Waals surface area contributed by atoms with Gasteiger partial charge in [-0.05, 0) is 24.3 Å². The zero-order valence-corrected chi connectivity index (χ0v) is 13.7. The Balaban J connectivity index is 2.43. The van der Waals surface area contributed by atoms with Crippen LogP contribution in [0.25, 0.3) is 0 Å². The van der Waals surface area contributed by atoms with Crippen LogP contribution in [0.5, 0.6) is 0 Å². The number of rotatable bonds is 7. The van der Waals surface area contributed by atoms with Crippen molar-refractivity contribution in [3.05, 3.63) is 16.7 Å². The number of imidazole rings is 1. The Bertz CT molecular complexity index is 379. The minimum atomic E-state index is 0.330. The molecule has 1 heterocycles. The molecule has 0 fully saturated rings. The topological polar surface area (TPSA) is 40.7 Å². The number of nitrogens with one attached hydrogen (secondary N) is 2. The van der Waals surface area contributed by atoms with Crippen molar-refractivity contribution in [2.45, 2.75) is 60.4 Å². The highest BCUT2D eigenvalue weighted by atomic mass is 35.5. The zero-order valence-electron chi connectivity index (χ0n) is 12.9. The molecule has 0 aliphatic rings. The molecule has 2 N–H and O–H groups in total. The summed E-state index contributed by atoms with van der Waals surface area (Å²) < 4.78 is 0. The van der Waals surface area contributed by atoms with Crippen molar-refractivity contribution in [1.82, 2.24) is 15.3 Å². The van der Waals surface area contributed by atoms with Gasteiger partial charge in [0, 0.05) is 13.0 Å². The number of unbranched alkanes of at least 4 members (excludes halogenated alkanes) is 1. The maximum Gasteiger partial charge on any atom is 0.151 e. The highest BCUT2D eigenvalue weighted by molar-refractivity contribution is 6.30. The monoisotopic (exact) mass is 285 g/mol. The highest BCUT2D eigenvalue weighted by Crippen LogP contribution is 2.24. The molecule has 1 unspecified atom stereocenters. The van der Waals surface area contributed by atoms with Crippen molar-refractivity contribution in [1.29, 1.82) is 0 Å². The highest BCUT2D eigenvalue weighted by Gasteiger charge is 2.19. The van der Waals surface area contributed by atoms with Crippen molar-refractivity contribution in [3.8, 4) is 0 Å². The van der Waals surface area contributed by atoms with Crippen LogP contribution in [0.15, 0.2) is 0 Å². The minimum Gasteiger partial charge on any atom is -0.344 e. The summed E-state index contributed by atoms with van der Waals surface area (Å²) in [5, 5.41) is 4.08. The van der Waals surface area contributed by atoms with Gasteiger partial charge in [0.2, 0.25) is 0 Å². The second-order valence-corrected chi connectivity index (χ2v) is 6.81. The first-order valence-electron chi connectivity index (χ1n) is 7.28. The van der Waals surface area contributed by atoms with Crippen LogP contribution in [0.4, 0.5) is 0 Å². The van der Waals surface area contributed by atoms with Crippen molar-refractivity contribution in [2.75, 3.05) is 6.54 Å². The average Bonchev–Trinajstić information content (AvgIpc) is 2.66. The molecule has 0 bridgehead atoms. The van der Waals surface area contributed by atoms with E-state index < -0.39 is 0 Å². The fraction of sp³-hybridized carbons (Fsp3) is 0.800. The molecule has 0 spiro atoms. The molecule has 0 aromatic carbocycles. The fourth-order valence-corrected chi connectivity index (χ4v) is 1.96. The van der Waals surface area contributed by atoms with E-state index in [-0.39, 0.29) is 0 Å². The minimum absolute atomic E-state index is 0.330. The number of hydrogen-bond donors (Lipinski definition) is 2. The first kappa shape index (κ1) is 16.5. The van der Waals surface area contributed by atoms with Gasteiger partial charge in [-0.3, -0.25) is 0 Å². The van der Waals surface area contributed by atoms with E-state index in [9.17, 15) is 0 Å². The van der Waals surface area contributed by atoms with E-state index in [2.05, 4.69) is 49.9 Å². The second-order valence-electron chi connectivity index (χ2n) is 6.45. The van der Waals surface area contributed by atoms with E-state index >= 15 is 0 Å². The number of aromatic amines is 1. The number of aryl methyl sites for hydroxylation is 1. The third-order valence-electron chi connectivity index (χ3n) is 3.78. The average molecular weight is 286 g/mol. The van der Waals surface area contributed by atoms with E-state index in [0.717, 1.165) is 37.4 Å². The summed E-state index contributed by atoms with van der Waals surface area (Å²) >= 11 is 6.15. The molecule has 0 aliphatic carbocycles. The molecule has 4 heteroatoms. The standard InChI is InChI=1S/C15H28ClN3/c1-6-7-8-13-18-12(14(16)19-13)10-17-9-11(2)15(3,4)5/h11,17H,6-10H2,1-5H3,(H,18,19). The van der Waals surface area contributed by atoms with E-state index in [1.165, 1.54) is 6.42 Å². The Hall–Kier alpha value is -0.540. The van der Waals surface area contributed by atoms with Gasteiger partial charge >= 0.3 is 0 Å². The molecule has 0 saturated carbocycles. The van der Waals surface area contributed by atoms with Crippen LogP contribution in [0.1, 0.15) is 59.0 Å². The molecule has 0 radical (unpaired) electrons. The van der Waals surface area contributed by atoms with E-state index in [0.29, 0.717) is 16.5 Å². The molecule has 0 aliphatic heterocycles. The molecular formula is C15H28ClN3. The molecule has 110 valence electrons. The van der Waals surface area contributed by atoms with Gasteiger partial charge in [0.15, 0.2) is 5.15 Å². The third kappa shape index (κ3) is 5.53. The van der Waals surface area contributed by atoms with Crippen LogP contribution in [0, 0.1) is 11.3 Å². The van der Waals surface area contributed by atoms with Gasteiger partial charge in [0.05, 0.1) is 5.69 Å². The summed E-state index contributed by atoms with van der Waals surface area (Å²) in [4.78, 5) is 7.69. The third-order valence-corrected chi connectivity index (χ3v) is 4.09. The Morgan fingerprint density at radius 3 is 2.63 bits per heavy atom. The normalized spacial score (nSPS) is 13.8. The largest absolute Gasteiger partial charge is 0.344 e. The molecule has 19 heavy (non-hydrogen) atoms. The van der Waals surface area contributed by atoms with Crippen LogP contribution in [-0.4, -0.2) is 16.5 Å². The zero-order chi connectivity index (χ0) is 14.5. The van der Waals surface area contributed by atoms with E-state index in [1.54, 1.807) is 0 Å². The van der Waals surface area contributed by atoms with Gasteiger partial charge in [0.1, 0.15) is 5.82 Å². The fourth-order valence-electron chi connectivity index (χ4n) is 1.74. The molecule has 0 amide bonds. The van der Waals surface area contributed by atoms with Crippen molar-refractivity contribution in [3.63, 3.8) is 0 Å². The molecular weight excluding hydrogens is 258 g/mol. The van der Waals surface area contributed by atoms with E-state index in [1.807, 2.05) is 0 Å². The van der Waals surface area contributed by atoms with Crippen LogP contribution >= 0.6 is 11.6 Å². The number of hydrogen-bond acceptors (Lipinski definition) is 2. The quantitative estimate of drug-likeness (QED) is 0.789. The van der Waals surface area contributed by atoms with Crippen molar-refractivity contribution >= 4 is 11.6 Å². The summed E-state index contributed by atoms with van der Waals surface area (Å²) in [6.07, 6.45) is 3.31. The van der Waals surface area contributed by atoms with Crippen molar-refractivity contribution in [2.24, 2.45) is 11.3 Å². The maximum atomic E-state index is 6.15. The second kappa shape index (κ2) is 7.30. The molecule has 1 atom stereocenters. The van der Waals surface area contributed by atoms with Crippen LogP contribution < -0.4 is 5.32 Å². The van der Waals surface area contributed by atoms with Crippen LogP contribution in [-0.2, 0) is 13.0 Å². The Labute approximate surface area is 122 Å². The van der Waals surface area contributed by atoms with Crippen LogP contribution in [0.2, 0.25) is 5.15 Å². The first-order valence-corrected chi connectivity index (χ1v) is 7.66. The number of nitrogens with zero attached hydrogens (tertiary/aromatic N) is 1. The van der Waals surface area contributed by atoms with Gasteiger partial charge in [-0.1, -0.05) is 52.6 Å². The Kier molecular flexibility index (Phi) is 6.34. The smallest absolute Gasteiger partial charge is 0.151 e. The Morgan fingerprint density at radius 2 is 2.05 bits per heavy atom. The first-order chi connectivity index (χ1) is 8.84. The van der Waals surface area contributed by atoms with Gasteiger partial charge < -0.3 is 10.3 Å². The predicted octanol–water partition coefficient (Wildman–Crippen LogP) is 4.18. The lowest BCUT2D eigenvalue weighted by atomic mass is 9.82. The van der Waals surface area contributed by atoms with Crippen molar-refractivity contribution < 1.29 is 0 Å². The Morgan fingerprint density at radius 1 is 1.37 bits per heavy atom. The van der Waals surface area contributed by atoms with Gasteiger partial charge in [0.25, 0.3) is 0 Å². The lowest BCUT2D eigenvalue weighted by Gasteiger charge is -2.27. The number of halogens is 1. The summed E-state index contributed by atoms with van der Waals surface area (Å²) in [5.41, 5.74) is 1.34. The number of aromatic nitrogens is 2. The van der Waals surface area contributed by atoms with Gasteiger partial charge in [-0.25, -0.2) is 4.98 Å². The predicted molar refractivity (Wildman–Crippen MR) is 82.5 cm³/mol. The summed E-state index contributed by atoms with van der Waals surface area (Å²) in [7, 11) is 0. The lowest BCUT2D eigenvalue weighted by molar-refractivity contribution is 0.252. The molecule has 1 rings (SSSR count). The summed E-state index contributed by atoms with van der Waals surface area (Å²) in [6, 6.07) is 0. The lowest BCUT2D eigenvalue weighted by Crippen LogP contribution is -2.29. The molecule has 0 saturated heterocycles.